The first-order valence-corrected chi connectivity index (χ1v) is 4.94. The molecule has 0 atom stereocenters. The lowest BCUT2D eigenvalue weighted by Gasteiger charge is -2.02. The molecule has 0 unspecified atom stereocenters. The van der Waals surface area contributed by atoms with Gasteiger partial charge in [0.1, 0.15) is 0 Å². The fourth-order valence-corrected chi connectivity index (χ4v) is 1.28. The Labute approximate surface area is 85.7 Å². The number of hydrogen-bond acceptors (Lipinski definition) is 4. The van der Waals surface area contributed by atoms with Crippen molar-refractivity contribution in [3.63, 3.8) is 0 Å². The number of nitrogens with one attached hydrogen (secondary N) is 2. The first-order chi connectivity index (χ1) is 6.75. The van der Waals surface area contributed by atoms with Crippen molar-refractivity contribution in [3.8, 4) is 0 Å². The third-order valence-electron chi connectivity index (χ3n) is 2.04. The van der Waals surface area contributed by atoms with Gasteiger partial charge in [0.05, 0.1) is 6.54 Å². The van der Waals surface area contributed by atoms with Crippen LogP contribution in [0.15, 0.2) is 0 Å². The molecule has 14 heavy (non-hydrogen) atoms. The molecule has 7 heteroatoms. The van der Waals surface area contributed by atoms with Gasteiger partial charge in [-0.3, -0.25) is 4.79 Å². The van der Waals surface area contributed by atoms with Gasteiger partial charge in [-0.1, -0.05) is 10.3 Å². The summed E-state index contributed by atoms with van der Waals surface area (Å²) < 4.78 is 1.95. The summed E-state index contributed by atoms with van der Waals surface area (Å²) in [6.45, 7) is 0.504. The van der Waals surface area contributed by atoms with E-state index in [-0.39, 0.29) is 5.91 Å². The number of nitrogens with zero attached hydrogens (tertiary/aromatic N) is 3. The van der Waals surface area contributed by atoms with Crippen LogP contribution in [0.3, 0.4) is 0 Å². The molecule has 0 spiro atoms. The second-order valence-electron chi connectivity index (χ2n) is 3.33. The van der Waals surface area contributed by atoms with Gasteiger partial charge in [-0.2, -0.15) is 5.21 Å². The van der Waals surface area contributed by atoms with Crippen molar-refractivity contribution in [2.75, 3.05) is 0 Å². The maximum atomic E-state index is 11.3. The van der Waals surface area contributed by atoms with Gasteiger partial charge in [0.15, 0.2) is 0 Å². The first-order valence-electron chi connectivity index (χ1n) is 4.53. The number of H-pyrrole nitrogens is 1. The van der Waals surface area contributed by atoms with Crippen molar-refractivity contribution < 1.29 is 4.79 Å². The van der Waals surface area contributed by atoms with Gasteiger partial charge in [-0.05, 0) is 25.1 Å². The molecule has 0 bridgehead atoms. The second-order valence-corrected chi connectivity index (χ2v) is 3.69. The van der Waals surface area contributed by atoms with E-state index in [1.54, 1.807) is 4.68 Å². The minimum atomic E-state index is 0.0593. The van der Waals surface area contributed by atoms with Gasteiger partial charge in [0.2, 0.25) is 10.7 Å². The van der Waals surface area contributed by atoms with Gasteiger partial charge in [-0.15, -0.1) is 0 Å². The van der Waals surface area contributed by atoms with Crippen LogP contribution in [0.25, 0.3) is 0 Å². The number of aryl methyl sites for hydroxylation is 1. The molecular weight excluding hydrogens is 202 g/mol. The summed E-state index contributed by atoms with van der Waals surface area (Å²) in [6.07, 6.45) is 2.63. The highest BCUT2D eigenvalue weighted by Crippen LogP contribution is 2.18. The molecule has 0 aliphatic heterocycles. The van der Waals surface area contributed by atoms with Crippen LogP contribution in [0, 0.1) is 4.77 Å². The van der Waals surface area contributed by atoms with Gasteiger partial charge in [-0.25, -0.2) is 4.68 Å². The molecule has 1 fully saturated rings. The molecule has 0 radical (unpaired) electrons. The Hall–Kier alpha value is -1.24. The number of carbonyl (C=O) groups excluding carboxylic acids is 1. The Kier molecular flexibility index (Phi) is 2.58. The number of aromatic nitrogens is 4. The summed E-state index contributed by atoms with van der Waals surface area (Å²) in [5.41, 5.74) is 0. The molecular formula is C7H11N5OS. The zero-order valence-corrected chi connectivity index (χ0v) is 8.38. The maximum absolute atomic E-state index is 11.3. The van der Waals surface area contributed by atoms with E-state index in [9.17, 15) is 4.79 Å². The van der Waals surface area contributed by atoms with Crippen LogP contribution in [-0.2, 0) is 11.3 Å². The van der Waals surface area contributed by atoms with Crippen LogP contribution in [0.1, 0.15) is 19.3 Å². The van der Waals surface area contributed by atoms with E-state index >= 15 is 0 Å². The lowest BCUT2D eigenvalue weighted by Crippen LogP contribution is -2.26. The highest BCUT2D eigenvalue weighted by molar-refractivity contribution is 7.71. The van der Waals surface area contributed by atoms with Crippen molar-refractivity contribution in [3.05, 3.63) is 4.77 Å². The molecule has 1 amide bonds. The van der Waals surface area contributed by atoms with Crippen LogP contribution >= 0.6 is 12.2 Å². The van der Waals surface area contributed by atoms with E-state index in [4.69, 9.17) is 12.2 Å². The quantitative estimate of drug-likeness (QED) is 0.690. The Morgan fingerprint density at radius 2 is 2.50 bits per heavy atom. The molecule has 0 aromatic carbocycles. The molecule has 1 aliphatic rings. The zero-order chi connectivity index (χ0) is 9.97. The molecule has 0 saturated heterocycles. The average Bonchev–Trinajstić information content (AvgIpc) is 2.86. The van der Waals surface area contributed by atoms with Crippen LogP contribution in [0.5, 0.6) is 0 Å². The van der Waals surface area contributed by atoms with Crippen molar-refractivity contribution in [2.45, 2.75) is 31.8 Å². The largest absolute Gasteiger partial charge is 0.353 e. The Bertz CT molecular complexity index is 379. The van der Waals surface area contributed by atoms with Gasteiger partial charge in [0, 0.05) is 12.5 Å². The maximum Gasteiger partial charge on any atom is 0.238 e. The Morgan fingerprint density at radius 1 is 1.71 bits per heavy atom. The van der Waals surface area contributed by atoms with Crippen molar-refractivity contribution in [1.82, 2.24) is 25.5 Å². The highest BCUT2D eigenvalue weighted by Gasteiger charge is 2.22. The van der Waals surface area contributed by atoms with E-state index in [0.29, 0.717) is 23.8 Å². The van der Waals surface area contributed by atoms with Gasteiger partial charge < -0.3 is 5.32 Å². The van der Waals surface area contributed by atoms with Crippen LogP contribution in [-0.4, -0.2) is 32.2 Å². The van der Waals surface area contributed by atoms with E-state index < -0.39 is 0 Å². The summed E-state index contributed by atoms with van der Waals surface area (Å²) in [5, 5.41) is 12.6. The predicted octanol–water partition coefficient (Wildman–Crippen LogP) is 0.00439. The first kappa shape index (κ1) is 9.32. The number of tetrazole rings is 1. The molecule has 6 nitrogen and oxygen atoms in total. The van der Waals surface area contributed by atoms with Crippen LogP contribution in [0.2, 0.25) is 0 Å². The molecule has 1 aromatic rings. The fraction of sp³-hybridized carbons (Fsp3) is 0.714. The SMILES string of the molecule is O=C(CCn1[nH]nnc1=S)NC1CC1. The van der Waals surface area contributed by atoms with E-state index in [1.165, 1.54) is 0 Å². The third-order valence-corrected chi connectivity index (χ3v) is 2.34. The fourth-order valence-electron chi connectivity index (χ4n) is 1.10. The van der Waals surface area contributed by atoms with Gasteiger partial charge >= 0.3 is 0 Å². The number of aromatic amines is 1. The summed E-state index contributed by atoms with van der Waals surface area (Å²) in [6, 6.07) is 0.412. The topological polar surface area (TPSA) is 75.6 Å². The molecule has 1 heterocycles. The minimum Gasteiger partial charge on any atom is -0.353 e. The number of carbonyl (C=O) groups is 1. The molecule has 76 valence electrons. The minimum absolute atomic E-state index is 0.0593. The summed E-state index contributed by atoms with van der Waals surface area (Å²) >= 11 is 4.86. The predicted molar refractivity (Wildman–Crippen MR) is 51.0 cm³/mol. The van der Waals surface area contributed by atoms with E-state index in [1.807, 2.05) is 0 Å². The lowest BCUT2D eigenvalue weighted by molar-refractivity contribution is -0.121. The van der Waals surface area contributed by atoms with Gasteiger partial charge in [0.25, 0.3) is 0 Å². The van der Waals surface area contributed by atoms with Crippen molar-refractivity contribution in [2.24, 2.45) is 0 Å². The smallest absolute Gasteiger partial charge is 0.238 e. The number of hydrogen-bond donors (Lipinski definition) is 2. The van der Waals surface area contributed by atoms with Crippen molar-refractivity contribution in [1.29, 1.82) is 0 Å². The molecule has 2 N–H and O–H groups in total. The lowest BCUT2D eigenvalue weighted by atomic mass is 10.4. The summed E-state index contributed by atoms with van der Waals surface area (Å²) in [5.74, 6) is 0.0593. The molecule has 1 saturated carbocycles. The standard InChI is InChI=1S/C7H11N5OS/c13-6(8-5-1-2-5)3-4-12-7(14)9-10-11-12/h5H,1-4H2,(H,8,13)(H,9,11,14). The zero-order valence-electron chi connectivity index (χ0n) is 7.56. The molecule has 1 aliphatic carbocycles. The third kappa shape index (κ3) is 2.38. The number of rotatable bonds is 4. The van der Waals surface area contributed by atoms with Crippen LogP contribution in [0.4, 0.5) is 0 Å². The summed E-state index contributed by atoms with van der Waals surface area (Å²) in [7, 11) is 0. The summed E-state index contributed by atoms with van der Waals surface area (Å²) in [4.78, 5) is 11.3. The number of amides is 1. The van der Waals surface area contributed by atoms with E-state index in [2.05, 4.69) is 20.8 Å². The van der Waals surface area contributed by atoms with Crippen molar-refractivity contribution >= 4 is 18.1 Å². The van der Waals surface area contributed by atoms with E-state index in [0.717, 1.165) is 12.8 Å². The Balaban J connectivity index is 1.78. The molecule has 1 aromatic heterocycles. The highest BCUT2D eigenvalue weighted by atomic mass is 32.1. The monoisotopic (exact) mass is 213 g/mol. The Morgan fingerprint density at radius 3 is 3.07 bits per heavy atom. The average molecular weight is 213 g/mol. The second kappa shape index (κ2) is 3.87. The van der Waals surface area contributed by atoms with Crippen LogP contribution < -0.4 is 5.32 Å². The molecule has 2 rings (SSSR count). The normalized spacial score (nSPS) is 15.4.